The van der Waals surface area contributed by atoms with Gasteiger partial charge in [-0.05, 0) is 17.7 Å². The summed E-state index contributed by atoms with van der Waals surface area (Å²) in [6.45, 7) is -0.580. The number of ether oxygens (including phenoxy) is 1. The van der Waals surface area contributed by atoms with Crippen LogP contribution in [0.2, 0.25) is 0 Å². The summed E-state index contributed by atoms with van der Waals surface area (Å²) in [5.41, 5.74) is 5.35. The molecule has 3 rings (SSSR count). The number of benzene rings is 1. The molecule has 1 saturated heterocycles. The second-order valence-corrected chi connectivity index (χ2v) is 6.32. The van der Waals surface area contributed by atoms with E-state index in [4.69, 9.17) is 10.5 Å². The van der Waals surface area contributed by atoms with Crippen LogP contribution in [0.4, 0.5) is 5.69 Å². The molecule has 0 radical (unpaired) electrons. The Bertz CT molecular complexity index is 897. The number of imidazole rings is 1. The first-order valence-corrected chi connectivity index (χ1v) is 8.21. The molecule has 0 unspecified atom stereocenters. The SMILES string of the molecule is NC(=O)c1c([O-])[n+]([C@@H]2O[C@H](CO)[C@@H](O)[C@H]2O)cn1Cc1ccc([N+](=O)[O-])cc1. The van der Waals surface area contributed by atoms with Gasteiger partial charge in [0.05, 0.1) is 11.5 Å². The van der Waals surface area contributed by atoms with Gasteiger partial charge in [-0.25, -0.2) is 9.13 Å². The highest BCUT2D eigenvalue weighted by Crippen LogP contribution is 2.27. The quantitative estimate of drug-likeness (QED) is 0.235. The summed E-state index contributed by atoms with van der Waals surface area (Å²) in [6.07, 6.45) is -4.15. The Morgan fingerprint density at radius 1 is 1.29 bits per heavy atom. The lowest BCUT2D eigenvalue weighted by molar-refractivity contribution is -0.793. The van der Waals surface area contributed by atoms with Crippen LogP contribution in [0.15, 0.2) is 30.6 Å². The largest absolute Gasteiger partial charge is 0.839 e. The zero-order valence-corrected chi connectivity index (χ0v) is 14.4. The Morgan fingerprint density at radius 3 is 2.43 bits per heavy atom. The molecule has 4 atom stereocenters. The van der Waals surface area contributed by atoms with Gasteiger partial charge in [0.15, 0.2) is 0 Å². The fraction of sp³-hybridized carbons (Fsp3) is 0.375. The fourth-order valence-electron chi connectivity index (χ4n) is 3.08. The number of amides is 1. The molecule has 0 aliphatic carbocycles. The van der Waals surface area contributed by atoms with Crippen LogP contribution < -0.4 is 15.4 Å². The predicted molar refractivity (Wildman–Crippen MR) is 87.8 cm³/mol. The van der Waals surface area contributed by atoms with E-state index in [1.165, 1.54) is 35.2 Å². The smallest absolute Gasteiger partial charge is 0.291 e. The van der Waals surface area contributed by atoms with E-state index >= 15 is 0 Å². The van der Waals surface area contributed by atoms with Gasteiger partial charge in [-0.15, -0.1) is 0 Å². The van der Waals surface area contributed by atoms with Crippen LogP contribution in [-0.4, -0.2) is 55.6 Å². The first-order chi connectivity index (χ1) is 13.2. The minimum Gasteiger partial charge on any atom is -0.839 e. The molecule has 1 aromatic heterocycles. The van der Waals surface area contributed by atoms with E-state index in [0.29, 0.717) is 5.56 Å². The Hall–Kier alpha value is -3.06. The minimum absolute atomic E-state index is 0.00664. The van der Waals surface area contributed by atoms with E-state index in [9.17, 15) is 35.3 Å². The molecule has 150 valence electrons. The first kappa shape index (κ1) is 19.7. The van der Waals surface area contributed by atoms with Crippen molar-refractivity contribution in [1.82, 2.24) is 4.57 Å². The highest BCUT2D eigenvalue weighted by Gasteiger charge is 2.47. The Kier molecular flexibility index (Phi) is 5.29. The number of nitro benzene ring substituents is 1. The Morgan fingerprint density at radius 2 is 1.93 bits per heavy atom. The third kappa shape index (κ3) is 3.41. The van der Waals surface area contributed by atoms with Crippen molar-refractivity contribution in [2.45, 2.75) is 31.1 Å². The summed E-state index contributed by atoms with van der Waals surface area (Å²) in [7, 11) is 0. The molecule has 1 fully saturated rings. The van der Waals surface area contributed by atoms with Gasteiger partial charge >= 0.3 is 0 Å². The summed E-state index contributed by atoms with van der Waals surface area (Å²) < 4.78 is 7.45. The second kappa shape index (κ2) is 7.52. The van der Waals surface area contributed by atoms with E-state index in [1.807, 2.05) is 0 Å². The van der Waals surface area contributed by atoms with Gasteiger partial charge in [0, 0.05) is 12.1 Å². The number of hydrogen-bond acceptors (Lipinski definition) is 8. The molecule has 28 heavy (non-hydrogen) atoms. The molecule has 0 bridgehead atoms. The fourth-order valence-corrected chi connectivity index (χ4v) is 3.08. The van der Waals surface area contributed by atoms with Crippen LogP contribution in [-0.2, 0) is 11.3 Å². The Labute approximate surface area is 157 Å². The highest BCUT2D eigenvalue weighted by atomic mass is 16.6. The lowest BCUT2D eigenvalue weighted by Gasteiger charge is -2.15. The summed E-state index contributed by atoms with van der Waals surface area (Å²) in [5.74, 6) is -1.86. The maximum absolute atomic E-state index is 12.6. The first-order valence-electron chi connectivity index (χ1n) is 8.21. The van der Waals surface area contributed by atoms with Crippen molar-refractivity contribution in [3.63, 3.8) is 0 Å². The standard InChI is InChI=1S/C16H18N4O8/c17-14(24)11-15(25)19(16-13(23)12(22)10(6-21)28-16)7-18(11)5-8-1-3-9(4-2-8)20(26)27/h1-4,7,10,12-13,16,21-23H,5-6H2,(H2-,17,24,25)/t10-,12-,13-,16-/m1/s1. The number of non-ortho nitro benzene ring substituents is 1. The molecule has 12 heteroatoms. The summed E-state index contributed by atoms with van der Waals surface area (Å²) in [4.78, 5) is 22.0. The molecule has 1 aliphatic rings. The van der Waals surface area contributed by atoms with Crippen molar-refractivity contribution in [3.8, 4) is 5.88 Å². The monoisotopic (exact) mass is 394 g/mol. The van der Waals surface area contributed by atoms with Gasteiger partial charge in [-0.1, -0.05) is 0 Å². The molecular formula is C16H18N4O8. The predicted octanol–water partition coefficient (Wildman–Crippen LogP) is -2.48. The molecule has 1 aliphatic heterocycles. The van der Waals surface area contributed by atoms with Gasteiger partial charge in [0.1, 0.15) is 30.7 Å². The molecule has 2 heterocycles. The lowest BCUT2D eigenvalue weighted by atomic mass is 10.1. The number of aromatic nitrogens is 2. The van der Waals surface area contributed by atoms with E-state index in [0.717, 1.165) is 4.57 Å². The number of aliphatic hydroxyl groups excluding tert-OH is 3. The van der Waals surface area contributed by atoms with Crippen LogP contribution in [0.1, 0.15) is 22.3 Å². The number of carbonyl (C=O) groups is 1. The van der Waals surface area contributed by atoms with Gasteiger partial charge < -0.3 is 30.9 Å². The number of aliphatic hydroxyl groups is 3. The maximum atomic E-state index is 12.6. The molecule has 0 saturated carbocycles. The number of nitrogens with two attached hydrogens (primary N) is 1. The van der Waals surface area contributed by atoms with Crippen LogP contribution in [0.5, 0.6) is 5.88 Å². The molecule has 0 spiro atoms. The molecule has 1 aromatic carbocycles. The van der Waals surface area contributed by atoms with Crippen LogP contribution in [0, 0.1) is 10.1 Å². The van der Waals surface area contributed by atoms with Crippen LogP contribution in [0.3, 0.4) is 0 Å². The number of hydrogen-bond donors (Lipinski definition) is 4. The van der Waals surface area contributed by atoms with Gasteiger partial charge in [-0.2, -0.15) is 0 Å². The topological polar surface area (TPSA) is 188 Å². The molecule has 5 N–H and O–H groups in total. The van der Waals surface area contributed by atoms with Crippen LogP contribution >= 0.6 is 0 Å². The summed E-state index contributed by atoms with van der Waals surface area (Å²) in [5, 5.41) is 52.5. The van der Waals surface area contributed by atoms with Crippen molar-refractivity contribution >= 4 is 11.6 Å². The third-order valence-corrected chi connectivity index (χ3v) is 4.51. The van der Waals surface area contributed by atoms with Crippen molar-refractivity contribution in [2.75, 3.05) is 6.61 Å². The number of rotatable bonds is 6. The van der Waals surface area contributed by atoms with E-state index < -0.39 is 53.6 Å². The van der Waals surface area contributed by atoms with E-state index in [1.54, 1.807) is 0 Å². The van der Waals surface area contributed by atoms with Crippen molar-refractivity contribution in [3.05, 3.63) is 52.0 Å². The van der Waals surface area contributed by atoms with E-state index in [-0.39, 0.29) is 12.2 Å². The normalized spacial score (nSPS) is 24.4. The van der Waals surface area contributed by atoms with E-state index in [2.05, 4.69) is 0 Å². The molecule has 2 aromatic rings. The zero-order chi connectivity index (χ0) is 20.6. The molecular weight excluding hydrogens is 376 g/mol. The third-order valence-electron chi connectivity index (χ3n) is 4.51. The van der Waals surface area contributed by atoms with Gasteiger partial charge in [0.2, 0.25) is 18.2 Å². The van der Waals surface area contributed by atoms with Crippen molar-refractivity contribution in [1.29, 1.82) is 0 Å². The average Bonchev–Trinajstić information content (AvgIpc) is 3.12. The minimum atomic E-state index is -1.51. The second-order valence-electron chi connectivity index (χ2n) is 6.32. The average molecular weight is 394 g/mol. The summed E-state index contributed by atoms with van der Waals surface area (Å²) in [6, 6.07) is 5.48. The van der Waals surface area contributed by atoms with Crippen molar-refractivity contribution < 1.29 is 39.4 Å². The maximum Gasteiger partial charge on any atom is 0.291 e. The lowest BCUT2D eigenvalue weighted by Crippen LogP contribution is -2.47. The van der Waals surface area contributed by atoms with Gasteiger partial charge in [0.25, 0.3) is 11.6 Å². The number of primary amides is 1. The highest BCUT2D eigenvalue weighted by molar-refractivity contribution is 5.92. The van der Waals surface area contributed by atoms with Crippen molar-refractivity contribution in [2.24, 2.45) is 5.73 Å². The zero-order valence-electron chi connectivity index (χ0n) is 14.4. The Balaban J connectivity index is 1.95. The molecule has 1 amide bonds. The van der Waals surface area contributed by atoms with Gasteiger partial charge in [-0.3, -0.25) is 14.9 Å². The number of carbonyl (C=O) groups excluding carboxylic acids is 1. The summed E-state index contributed by atoms with van der Waals surface area (Å²) >= 11 is 0. The van der Waals surface area contributed by atoms with Crippen LogP contribution in [0.25, 0.3) is 0 Å². The number of nitrogens with zero attached hydrogens (tertiary/aromatic N) is 3. The molecule has 12 nitrogen and oxygen atoms in total. The number of nitro groups is 1.